The highest BCUT2D eigenvalue weighted by atomic mass is 14.7. The van der Waals surface area contributed by atoms with Crippen molar-refractivity contribution in [1.29, 1.82) is 0 Å². The zero-order valence-corrected chi connectivity index (χ0v) is 10.6. The van der Waals surface area contributed by atoms with Gasteiger partial charge in [-0.1, -0.05) is 33.1 Å². The molecule has 0 radical (unpaired) electrons. The van der Waals surface area contributed by atoms with Crippen LogP contribution in [-0.4, -0.2) is 4.98 Å². The summed E-state index contributed by atoms with van der Waals surface area (Å²) in [4.78, 5) is 4.65. The van der Waals surface area contributed by atoms with Crippen LogP contribution in [0.2, 0.25) is 0 Å². The monoisotopic (exact) mass is 213 g/mol. The molecule has 0 aromatic carbocycles. The Morgan fingerprint density at radius 3 is 2.31 bits per heavy atom. The first-order valence-electron chi connectivity index (χ1n) is 5.52. The standard InChI is InChI=1S/C15H19N/c1-7-9-14-11(5)15(10(3)4)16-12(6)13(14)8-2/h8-10H,1-2H2,3-6H3. The Kier molecular flexibility index (Phi) is 3.87. The Morgan fingerprint density at radius 2 is 1.88 bits per heavy atom. The second kappa shape index (κ2) is 4.96. The Bertz CT molecular complexity index is 461. The van der Waals surface area contributed by atoms with Crippen LogP contribution >= 0.6 is 0 Å². The maximum Gasteiger partial charge on any atom is 0.0467 e. The van der Waals surface area contributed by atoms with Crippen molar-refractivity contribution in [1.82, 2.24) is 4.98 Å². The van der Waals surface area contributed by atoms with Crippen molar-refractivity contribution in [3.05, 3.63) is 47.0 Å². The topological polar surface area (TPSA) is 12.9 Å². The fraction of sp³-hybridized carbons (Fsp3) is 0.333. The molecule has 0 unspecified atom stereocenters. The molecular formula is C15H19N. The summed E-state index contributed by atoms with van der Waals surface area (Å²) in [6.07, 6.45) is 3.76. The lowest BCUT2D eigenvalue weighted by molar-refractivity contribution is 0.802. The van der Waals surface area contributed by atoms with Gasteiger partial charge < -0.3 is 0 Å². The van der Waals surface area contributed by atoms with E-state index < -0.39 is 0 Å². The van der Waals surface area contributed by atoms with E-state index in [0.717, 1.165) is 22.5 Å². The largest absolute Gasteiger partial charge is 0.257 e. The molecule has 0 N–H and O–H groups in total. The first-order valence-corrected chi connectivity index (χ1v) is 5.52. The third kappa shape index (κ3) is 2.15. The van der Waals surface area contributed by atoms with Gasteiger partial charge in [0, 0.05) is 17.0 Å². The van der Waals surface area contributed by atoms with Crippen LogP contribution < -0.4 is 0 Å². The van der Waals surface area contributed by atoms with Crippen molar-refractivity contribution in [3.63, 3.8) is 0 Å². The molecule has 0 aliphatic rings. The zero-order valence-electron chi connectivity index (χ0n) is 10.6. The van der Waals surface area contributed by atoms with E-state index in [4.69, 9.17) is 0 Å². The third-order valence-corrected chi connectivity index (χ3v) is 2.75. The highest BCUT2D eigenvalue weighted by Crippen LogP contribution is 2.26. The number of aromatic nitrogens is 1. The highest BCUT2D eigenvalue weighted by molar-refractivity contribution is 5.68. The lowest BCUT2D eigenvalue weighted by atomic mass is 9.95. The van der Waals surface area contributed by atoms with Crippen molar-refractivity contribution in [2.45, 2.75) is 33.6 Å². The van der Waals surface area contributed by atoms with Crippen molar-refractivity contribution < 1.29 is 0 Å². The second-order valence-electron chi connectivity index (χ2n) is 4.24. The van der Waals surface area contributed by atoms with Crippen LogP contribution in [0, 0.1) is 13.8 Å². The number of hydrogen-bond donors (Lipinski definition) is 0. The Labute approximate surface area is 98.2 Å². The molecule has 1 heterocycles. The SMILES string of the molecule is C=C=Cc1c(C)c(C(C)C)nc(C)c1C=C. The van der Waals surface area contributed by atoms with Crippen molar-refractivity contribution in [3.8, 4) is 0 Å². The maximum absolute atomic E-state index is 4.65. The second-order valence-corrected chi connectivity index (χ2v) is 4.24. The van der Waals surface area contributed by atoms with E-state index >= 15 is 0 Å². The van der Waals surface area contributed by atoms with Gasteiger partial charge in [-0.15, -0.1) is 5.73 Å². The van der Waals surface area contributed by atoms with Gasteiger partial charge in [-0.25, -0.2) is 0 Å². The summed E-state index contributed by atoms with van der Waals surface area (Å²) in [6, 6.07) is 0. The van der Waals surface area contributed by atoms with Crippen LogP contribution in [0.25, 0.3) is 12.2 Å². The molecule has 0 fully saturated rings. The molecule has 0 atom stereocenters. The van der Waals surface area contributed by atoms with Crippen LogP contribution in [0.5, 0.6) is 0 Å². The summed E-state index contributed by atoms with van der Waals surface area (Å²) in [6.45, 7) is 15.9. The lowest BCUT2D eigenvalue weighted by Gasteiger charge is -2.15. The lowest BCUT2D eigenvalue weighted by Crippen LogP contribution is -2.04. The van der Waals surface area contributed by atoms with E-state index in [0.29, 0.717) is 5.92 Å². The Morgan fingerprint density at radius 1 is 1.25 bits per heavy atom. The smallest absolute Gasteiger partial charge is 0.0467 e. The molecule has 1 aromatic rings. The first-order chi connectivity index (χ1) is 7.52. The molecule has 1 rings (SSSR count). The van der Waals surface area contributed by atoms with Gasteiger partial charge in [-0.05, 0) is 37.0 Å². The molecule has 84 valence electrons. The minimum Gasteiger partial charge on any atom is -0.257 e. The average molecular weight is 213 g/mol. The van der Waals surface area contributed by atoms with Gasteiger partial charge in [0.1, 0.15) is 0 Å². The molecule has 0 spiro atoms. The first kappa shape index (κ1) is 12.5. The van der Waals surface area contributed by atoms with Gasteiger partial charge in [0.05, 0.1) is 0 Å². The number of nitrogens with zero attached hydrogens (tertiary/aromatic N) is 1. The minimum absolute atomic E-state index is 0.425. The molecule has 0 aliphatic carbocycles. The molecule has 1 heteroatoms. The van der Waals surface area contributed by atoms with E-state index in [1.807, 2.05) is 19.1 Å². The fourth-order valence-corrected chi connectivity index (χ4v) is 1.97. The van der Waals surface area contributed by atoms with Crippen molar-refractivity contribution in [2.24, 2.45) is 0 Å². The molecule has 0 bridgehead atoms. The molecule has 0 saturated heterocycles. The highest BCUT2D eigenvalue weighted by Gasteiger charge is 2.13. The molecule has 1 aromatic heterocycles. The molecule has 0 amide bonds. The van der Waals surface area contributed by atoms with Crippen molar-refractivity contribution in [2.75, 3.05) is 0 Å². The fourth-order valence-electron chi connectivity index (χ4n) is 1.97. The van der Waals surface area contributed by atoms with Crippen LogP contribution in [0.1, 0.15) is 47.8 Å². The van der Waals surface area contributed by atoms with Crippen LogP contribution in [-0.2, 0) is 0 Å². The van der Waals surface area contributed by atoms with Gasteiger partial charge in [-0.3, -0.25) is 4.98 Å². The van der Waals surface area contributed by atoms with Crippen LogP contribution in [0.15, 0.2) is 18.9 Å². The van der Waals surface area contributed by atoms with Gasteiger partial charge in [0.25, 0.3) is 0 Å². The maximum atomic E-state index is 4.65. The van der Waals surface area contributed by atoms with E-state index in [2.05, 4.69) is 44.6 Å². The predicted molar refractivity (Wildman–Crippen MR) is 71.5 cm³/mol. The van der Waals surface area contributed by atoms with Gasteiger partial charge >= 0.3 is 0 Å². The molecule has 0 aliphatic heterocycles. The molecular weight excluding hydrogens is 194 g/mol. The zero-order chi connectivity index (χ0) is 12.3. The van der Waals surface area contributed by atoms with E-state index in [1.165, 1.54) is 5.56 Å². The summed E-state index contributed by atoms with van der Waals surface area (Å²) in [5.41, 5.74) is 8.43. The molecule has 0 saturated carbocycles. The van der Waals surface area contributed by atoms with E-state index in [-0.39, 0.29) is 0 Å². The number of pyridine rings is 1. The normalized spacial score (nSPS) is 10.1. The summed E-state index contributed by atoms with van der Waals surface area (Å²) < 4.78 is 0. The quantitative estimate of drug-likeness (QED) is 0.683. The van der Waals surface area contributed by atoms with Crippen molar-refractivity contribution >= 4 is 12.2 Å². The minimum atomic E-state index is 0.425. The average Bonchev–Trinajstić information content (AvgIpc) is 2.23. The van der Waals surface area contributed by atoms with Gasteiger partial charge in [0.2, 0.25) is 0 Å². The van der Waals surface area contributed by atoms with Crippen LogP contribution in [0.4, 0.5) is 0 Å². The molecule has 1 nitrogen and oxygen atoms in total. The number of hydrogen-bond acceptors (Lipinski definition) is 1. The van der Waals surface area contributed by atoms with Gasteiger partial charge in [0.15, 0.2) is 0 Å². The van der Waals surface area contributed by atoms with Crippen LogP contribution in [0.3, 0.4) is 0 Å². The van der Waals surface area contributed by atoms with Gasteiger partial charge in [-0.2, -0.15) is 0 Å². The van der Waals surface area contributed by atoms with E-state index in [1.54, 1.807) is 0 Å². The summed E-state index contributed by atoms with van der Waals surface area (Å²) in [5, 5.41) is 0. The number of rotatable bonds is 3. The summed E-state index contributed by atoms with van der Waals surface area (Å²) >= 11 is 0. The summed E-state index contributed by atoms with van der Waals surface area (Å²) in [7, 11) is 0. The Hall–Kier alpha value is -1.59. The third-order valence-electron chi connectivity index (χ3n) is 2.75. The Balaban J connectivity index is 3.64. The summed E-state index contributed by atoms with van der Waals surface area (Å²) in [5.74, 6) is 0.425. The van der Waals surface area contributed by atoms with E-state index in [9.17, 15) is 0 Å². The molecule has 16 heavy (non-hydrogen) atoms. The number of aryl methyl sites for hydroxylation is 1. The predicted octanol–water partition coefficient (Wildman–Crippen LogP) is 4.26.